The fraction of sp³-hybridized carbons (Fsp3) is 0.347. The van der Waals surface area contributed by atoms with Gasteiger partial charge >= 0.3 is 11.9 Å². The number of hydrogen-bond acceptors (Lipinski definition) is 7. The van der Waals surface area contributed by atoms with Gasteiger partial charge in [-0.15, -0.1) is 11.3 Å². The Hall–Kier alpha value is -5.62. The van der Waals surface area contributed by atoms with Crippen molar-refractivity contribution in [2.45, 2.75) is 91.8 Å². The van der Waals surface area contributed by atoms with Crippen LogP contribution >= 0.6 is 11.3 Å². The summed E-state index contributed by atoms with van der Waals surface area (Å²) in [7, 11) is 2.05. The van der Waals surface area contributed by atoms with E-state index in [0.29, 0.717) is 40.9 Å². The molecule has 0 atom stereocenters. The number of rotatable bonds is 19. The molecule has 4 aromatic carbocycles. The Morgan fingerprint density at radius 3 is 1.88 bits per heavy atom. The SMILES string of the molecule is C.CCC(CC)N(CCN(C)Cc1cccc(C(=O)O)c1)Cc1cccc(C(=O)Nc2sc3c(c2C(=O)Nc2ccc(CCc4ccc(C(=O)O)cc4)cc2)CCCC3)c1. The molecular formula is C49H58N4O6S. The first-order chi connectivity index (χ1) is 28.5. The van der Waals surface area contributed by atoms with Crippen molar-refractivity contribution < 1.29 is 29.4 Å². The minimum Gasteiger partial charge on any atom is -0.478 e. The van der Waals surface area contributed by atoms with E-state index in [2.05, 4.69) is 40.3 Å². The number of aryl methyl sites for hydroxylation is 3. The molecule has 1 heterocycles. The number of thiophene rings is 1. The van der Waals surface area contributed by atoms with Crippen molar-refractivity contribution in [2.24, 2.45) is 0 Å². The lowest BCUT2D eigenvalue weighted by atomic mass is 9.95. The number of amides is 2. The predicted octanol–water partition coefficient (Wildman–Crippen LogP) is 10.1. The first-order valence-corrected chi connectivity index (χ1v) is 21.3. The summed E-state index contributed by atoms with van der Waals surface area (Å²) in [5, 5.41) is 25.4. The van der Waals surface area contributed by atoms with Crippen molar-refractivity contribution in [3.8, 4) is 0 Å². The van der Waals surface area contributed by atoms with Gasteiger partial charge in [-0.3, -0.25) is 14.5 Å². The Morgan fingerprint density at radius 1 is 0.667 bits per heavy atom. The molecule has 0 saturated heterocycles. The molecule has 1 aliphatic rings. The van der Waals surface area contributed by atoms with Crippen LogP contribution in [0.25, 0.3) is 0 Å². The highest BCUT2D eigenvalue weighted by molar-refractivity contribution is 7.17. The van der Waals surface area contributed by atoms with Gasteiger partial charge in [0.1, 0.15) is 5.00 Å². The molecule has 0 saturated carbocycles. The molecule has 11 heteroatoms. The molecule has 316 valence electrons. The minimum absolute atomic E-state index is 0. The van der Waals surface area contributed by atoms with Crippen molar-refractivity contribution in [2.75, 3.05) is 30.8 Å². The molecule has 0 fully saturated rings. The third-order valence-electron chi connectivity index (χ3n) is 11.2. The van der Waals surface area contributed by atoms with Crippen LogP contribution in [0.1, 0.15) is 121 Å². The Kier molecular flexibility index (Phi) is 16.4. The monoisotopic (exact) mass is 830 g/mol. The molecule has 6 rings (SSSR count). The van der Waals surface area contributed by atoms with E-state index in [0.717, 1.165) is 97.2 Å². The van der Waals surface area contributed by atoms with Crippen LogP contribution in [-0.4, -0.2) is 69.9 Å². The third kappa shape index (κ3) is 12.0. The summed E-state index contributed by atoms with van der Waals surface area (Å²) >= 11 is 1.50. The molecular weight excluding hydrogens is 773 g/mol. The number of fused-ring (bicyclic) bond motifs is 1. The molecule has 2 amide bonds. The number of aromatic carboxylic acids is 2. The third-order valence-corrected chi connectivity index (χ3v) is 12.4. The molecule has 0 unspecified atom stereocenters. The fourth-order valence-electron chi connectivity index (χ4n) is 7.85. The molecule has 0 radical (unpaired) electrons. The topological polar surface area (TPSA) is 139 Å². The van der Waals surface area contributed by atoms with Crippen LogP contribution in [0.15, 0.2) is 97.1 Å². The maximum atomic E-state index is 14.0. The predicted molar refractivity (Wildman–Crippen MR) is 242 cm³/mol. The summed E-state index contributed by atoms with van der Waals surface area (Å²) in [5.41, 5.74) is 7.48. The van der Waals surface area contributed by atoms with Crippen molar-refractivity contribution in [1.82, 2.24) is 9.80 Å². The lowest BCUT2D eigenvalue weighted by Crippen LogP contribution is -2.39. The van der Waals surface area contributed by atoms with Crippen molar-refractivity contribution in [1.29, 1.82) is 0 Å². The van der Waals surface area contributed by atoms with Crippen LogP contribution in [0.5, 0.6) is 0 Å². The van der Waals surface area contributed by atoms with Gasteiger partial charge < -0.3 is 25.7 Å². The van der Waals surface area contributed by atoms with Gasteiger partial charge in [-0.1, -0.05) is 69.8 Å². The van der Waals surface area contributed by atoms with E-state index in [1.165, 1.54) is 11.3 Å². The van der Waals surface area contributed by atoms with Gasteiger partial charge in [-0.05, 0) is 135 Å². The number of anilines is 2. The van der Waals surface area contributed by atoms with Crippen molar-refractivity contribution >= 4 is 45.8 Å². The number of likely N-dealkylation sites (N-methyl/N-ethyl adjacent to an activating group) is 1. The molecule has 4 N–H and O–H groups in total. The van der Waals surface area contributed by atoms with Gasteiger partial charge in [0.2, 0.25) is 0 Å². The zero-order valence-corrected chi connectivity index (χ0v) is 34.9. The molecule has 10 nitrogen and oxygen atoms in total. The van der Waals surface area contributed by atoms with Gasteiger partial charge in [-0.25, -0.2) is 9.59 Å². The van der Waals surface area contributed by atoms with E-state index in [1.807, 2.05) is 67.7 Å². The first kappa shape index (κ1) is 45.5. The average molecular weight is 831 g/mol. The zero-order valence-electron chi connectivity index (χ0n) is 34.1. The lowest BCUT2D eigenvalue weighted by molar-refractivity contribution is 0.0686. The van der Waals surface area contributed by atoms with Crippen LogP contribution in [0.4, 0.5) is 10.7 Å². The van der Waals surface area contributed by atoms with Crippen LogP contribution in [0.3, 0.4) is 0 Å². The molecule has 5 aromatic rings. The molecule has 1 aromatic heterocycles. The normalized spacial score (nSPS) is 12.2. The highest BCUT2D eigenvalue weighted by Gasteiger charge is 2.27. The Balaban J connectivity index is 0.00000683. The number of hydrogen-bond donors (Lipinski definition) is 4. The standard InChI is InChI=1S/C48H54N4O6S.CH4/c1-4-40(5-2)52(27-26-51(3)30-34-10-9-13-38(29-34)48(57)58)31-35-11-8-12-37(28-35)44(53)50-46-43(41-14-6-7-15-42(41)59-46)45(54)49-39-24-20-33(21-25-39)17-16-32-18-22-36(23-19-32)47(55)56;/h8-13,18-25,28-29,40H,4-7,14-17,26-27,30-31H2,1-3H3,(H,49,54)(H,50,53)(H,55,56)(H,57,58);1H4. The number of carboxylic acids is 2. The maximum Gasteiger partial charge on any atom is 0.335 e. The van der Waals surface area contributed by atoms with E-state index in [-0.39, 0.29) is 30.4 Å². The molecule has 0 aliphatic heterocycles. The quantitative estimate of drug-likeness (QED) is 0.0645. The zero-order chi connectivity index (χ0) is 41.9. The van der Waals surface area contributed by atoms with Gasteiger partial charge in [0, 0.05) is 48.3 Å². The van der Waals surface area contributed by atoms with E-state index in [1.54, 1.807) is 30.3 Å². The number of nitrogens with one attached hydrogen (secondary N) is 2. The van der Waals surface area contributed by atoms with Crippen LogP contribution in [0.2, 0.25) is 0 Å². The number of carbonyl (C=O) groups is 4. The van der Waals surface area contributed by atoms with E-state index < -0.39 is 11.9 Å². The van der Waals surface area contributed by atoms with Crippen LogP contribution in [-0.2, 0) is 38.8 Å². The second-order valence-corrected chi connectivity index (χ2v) is 16.5. The van der Waals surface area contributed by atoms with E-state index in [9.17, 15) is 24.3 Å². The smallest absolute Gasteiger partial charge is 0.335 e. The summed E-state index contributed by atoms with van der Waals surface area (Å²) in [6, 6.07) is 29.9. The summed E-state index contributed by atoms with van der Waals surface area (Å²) in [5.74, 6) is -2.35. The second-order valence-electron chi connectivity index (χ2n) is 15.4. The Labute approximate surface area is 358 Å². The molecule has 0 bridgehead atoms. The minimum atomic E-state index is -0.939. The van der Waals surface area contributed by atoms with Gasteiger partial charge in [-0.2, -0.15) is 0 Å². The van der Waals surface area contributed by atoms with Gasteiger partial charge in [0.15, 0.2) is 0 Å². The summed E-state index contributed by atoms with van der Waals surface area (Å²) < 4.78 is 0. The number of nitrogens with zero attached hydrogens (tertiary/aromatic N) is 2. The summed E-state index contributed by atoms with van der Waals surface area (Å²) in [6.45, 7) is 7.31. The Morgan fingerprint density at radius 2 is 1.25 bits per heavy atom. The van der Waals surface area contributed by atoms with Crippen molar-refractivity contribution in [3.05, 3.63) is 152 Å². The van der Waals surface area contributed by atoms with Gasteiger partial charge in [0.05, 0.1) is 16.7 Å². The second kappa shape index (κ2) is 21.6. The van der Waals surface area contributed by atoms with Gasteiger partial charge in [0.25, 0.3) is 11.8 Å². The Bertz CT molecular complexity index is 2250. The molecule has 1 aliphatic carbocycles. The lowest BCUT2D eigenvalue weighted by Gasteiger charge is -2.32. The number of benzene rings is 4. The average Bonchev–Trinajstić information content (AvgIpc) is 3.61. The maximum absolute atomic E-state index is 14.0. The highest BCUT2D eigenvalue weighted by Crippen LogP contribution is 2.39. The van der Waals surface area contributed by atoms with Crippen LogP contribution in [0, 0.1) is 0 Å². The highest BCUT2D eigenvalue weighted by atomic mass is 32.1. The number of carboxylic acid groups (broad SMARTS) is 2. The van der Waals surface area contributed by atoms with Crippen molar-refractivity contribution in [3.63, 3.8) is 0 Å². The van der Waals surface area contributed by atoms with Crippen LogP contribution < -0.4 is 10.6 Å². The molecule has 0 spiro atoms. The van der Waals surface area contributed by atoms with E-state index >= 15 is 0 Å². The van der Waals surface area contributed by atoms with E-state index in [4.69, 9.17) is 5.11 Å². The molecule has 60 heavy (non-hydrogen) atoms. The summed E-state index contributed by atoms with van der Waals surface area (Å²) in [4.78, 5) is 56.4. The first-order valence-electron chi connectivity index (χ1n) is 20.5. The largest absolute Gasteiger partial charge is 0.478 e. The fourth-order valence-corrected chi connectivity index (χ4v) is 9.14. The summed E-state index contributed by atoms with van der Waals surface area (Å²) in [6.07, 6.45) is 7.25. The number of carbonyl (C=O) groups excluding carboxylic acids is 2.